The Labute approximate surface area is 133 Å². The van der Waals surface area contributed by atoms with Crippen molar-refractivity contribution in [3.05, 3.63) is 0 Å². The predicted molar refractivity (Wildman–Crippen MR) is 88.0 cm³/mol. The third kappa shape index (κ3) is 5.75. The Morgan fingerprint density at radius 2 is 2.05 bits per heavy atom. The van der Waals surface area contributed by atoms with Crippen LogP contribution in [0.3, 0.4) is 0 Å². The molecular weight excluding hydrogens is 316 g/mol. The van der Waals surface area contributed by atoms with Crippen molar-refractivity contribution in [1.29, 1.82) is 0 Å². The van der Waals surface area contributed by atoms with E-state index in [0.29, 0.717) is 30.1 Å². The minimum Gasteiger partial charge on any atom is -0.462 e. The molecule has 0 aromatic carbocycles. The van der Waals surface area contributed by atoms with Crippen LogP contribution in [0, 0.1) is 23.7 Å². The molecule has 1 aliphatic rings. The van der Waals surface area contributed by atoms with E-state index in [1.807, 2.05) is 0 Å². The topological polar surface area (TPSA) is 26.3 Å². The van der Waals surface area contributed by atoms with Crippen molar-refractivity contribution >= 4 is 21.9 Å². The lowest BCUT2D eigenvalue weighted by Crippen LogP contribution is -2.36. The molecule has 0 heterocycles. The Kier molecular flexibility index (Phi) is 8.16. The van der Waals surface area contributed by atoms with E-state index in [1.165, 1.54) is 12.8 Å². The zero-order chi connectivity index (χ0) is 15.1. The largest absolute Gasteiger partial charge is 0.462 e. The molecule has 0 spiro atoms. The molecule has 0 amide bonds. The van der Waals surface area contributed by atoms with Crippen LogP contribution < -0.4 is 0 Å². The van der Waals surface area contributed by atoms with Gasteiger partial charge in [0.2, 0.25) is 0 Å². The number of hydrogen-bond donors (Lipinski definition) is 0. The highest BCUT2D eigenvalue weighted by Gasteiger charge is 2.33. The minimum absolute atomic E-state index is 0.00708. The normalized spacial score (nSPS) is 28.4. The first kappa shape index (κ1) is 18.0. The van der Waals surface area contributed by atoms with Gasteiger partial charge in [-0.2, -0.15) is 0 Å². The maximum atomic E-state index is 12.2. The summed E-state index contributed by atoms with van der Waals surface area (Å²) >= 11 is 3.51. The quantitative estimate of drug-likeness (QED) is 0.468. The standard InChI is InChI=1S/C17H31BrO2/c1-5-6-14(11-18)10-17(19)20-16-9-13(4)7-8-15(16)12(2)3/h12-16H,5-11H2,1-4H3/t13-,14?,15+,16-/m1/s1. The zero-order valence-corrected chi connectivity index (χ0v) is 15.1. The zero-order valence-electron chi connectivity index (χ0n) is 13.5. The maximum absolute atomic E-state index is 12.2. The SMILES string of the molecule is CCCC(CBr)CC(=O)O[C@@H]1C[C@H](C)CC[C@H]1C(C)C. The van der Waals surface area contributed by atoms with Crippen LogP contribution in [0.5, 0.6) is 0 Å². The molecule has 118 valence electrons. The van der Waals surface area contributed by atoms with E-state index in [1.54, 1.807) is 0 Å². The maximum Gasteiger partial charge on any atom is 0.306 e. The molecular formula is C17H31BrO2. The summed E-state index contributed by atoms with van der Waals surface area (Å²) in [4.78, 5) is 12.2. The first-order chi connectivity index (χ1) is 9.47. The summed E-state index contributed by atoms with van der Waals surface area (Å²) < 4.78 is 5.85. The lowest BCUT2D eigenvalue weighted by atomic mass is 9.75. The molecule has 0 bridgehead atoms. The Hall–Kier alpha value is -0.0500. The summed E-state index contributed by atoms with van der Waals surface area (Å²) in [6.07, 6.45) is 6.44. The van der Waals surface area contributed by atoms with Gasteiger partial charge in [0.15, 0.2) is 0 Å². The molecule has 0 saturated heterocycles. The van der Waals surface area contributed by atoms with Gasteiger partial charge in [-0.25, -0.2) is 0 Å². The average molecular weight is 347 g/mol. The summed E-state index contributed by atoms with van der Waals surface area (Å²) in [6.45, 7) is 8.94. The number of carbonyl (C=O) groups is 1. The molecule has 1 unspecified atom stereocenters. The van der Waals surface area contributed by atoms with E-state index in [9.17, 15) is 4.79 Å². The molecule has 1 aliphatic carbocycles. The van der Waals surface area contributed by atoms with Crippen LogP contribution in [0.15, 0.2) is 0 Å². The molecule has 0 aromatic heterocycles. The van der Waals surface area contributed by atoms with Gasteiger partial charge in [-0.05, 0) is 42.9 Å². The van der Waals surface area contributed by atoms with Gasteiger partial charge < -0.3 is 4.74 Å². The van der Waals surface area contributed by atoms with E-state index >= 15 is 0 Å². The van der Waals surface area contributed by atoms with Crippen molar-refractivity contribution in [2.24, 2.45) is 23.7 Å². The fourth-order valence-corrected chi connectivity index (χ4v) is 3.90. The van der Waals surface area contributed by atoms with E-state index in [2.05, 4.69) is 43.6 Å². The predicted octanol–water partition coefficient (Wildman–Crippen LogP) is 5.19. The Balaban J connectivity index is 2.52. The van der Waals surface area contributed by atoms with Crippen LogP contribution in [-0.4, -0.2) is 17.4 Å². The van der Waals surface area contributed by atoms with Gasteiger partial charge in [0.05, 0.1) is 0 Å². The molecule has 1 rings (SSSR count). The van der Waals surface area contributed by atoms with E-state index in [-0.39, 0.29) is 12.1 Å². The van der Waals surface area contributed by atoms with Gasteiger partial charge >= 0.3 is 5.97 Å². The van der Waals surface area contributed by atoms with Gasteiger partial charge in [-0.3, -0.25) is 4.79 Å². The molecule has 4 atom stereocenters. The van der Waals surface area contributed by atoms with Crippen molar-refractivity contribution in [2.45, 2.75) is 72.3 Å². The highest BCUT2D eigenvalue weighted by Crippen LogP contribution is 2.35. The van der Waals surface area contributed by atoms with Gasteiger partial charge in [-0.15, -0.1) is 0 Å². The van der Waals surface area contributed by atoms with Crippen LogP contribution in [0.25, 0.3) is 0 Å². The monoisotopic (exact) mass is 346 g/mol. The number of rotatable bonds is 7. The van der Waals surface area contributed by atoms with Gasteiger partial charge in [0, 0.05) is 11.8 Å². The molecule has 3 heteroatoms. The third-order valence-electron chi connectivity index (χ3n) is 4.61. The minimum atomic E-state index is 0.00708. The molecule has 1 fully saturated rings. The van der Waals surface area contributed by atoms with Gasteiger partial charge in [0.25, 0.3) is 0 Å². The van der Waals surface area contributed by atoms with E-state index in [0.717, 1.165) is 24.6 Å². The number of alkyl halides is 1. The van der Waals surface area contributed by atoms with Crippen molar-refractivity contribution in [1.82, 2.24) is 0 Å². The molecule has 1 saturated carbocycles. The van der Waals surface area contributed by atoms with Crippen LogP contribution in [0.2, 0.25) is 0 Å². The van der Waals surface area contributed by atoms with Crippen LogP contribution in [0.4, 0.5) is 0 Å². The lowest BCUT2D eigenvalue weighted by molar-refractivity contribution is -0.156. The van der Waals surface area contributed by atoms with Crippen molar-refractivity contribution in [3.8, 4) is 0 Å². The van der Waals surface area contributed by atoms with Crippen molar-refractivity contribution in [2.75, 3.05) is 5.33 Å². The average Bonchev–Trinajstić information content (AvgIpc) is 2.37. The first-order valence-electron chi connectivity index (χ1n) is 8.23. The number of esters is 1. The Bertz CT molecular complexity index is 291. The molecule has 2 nitrogen and oxygen atoms in total. The third-order valence-corrected chi connectivity index (χ3v) is 5.53. The fraction of sp³-hybridized carbons (Fsp3) is 0.941. The molecule has 0 aliphatic heterocycles. The fourth-order valence-electron chi connectivity index (χ4n) is 3.34. The summed E-state index contributed by atoms with van der Waals surface area (Å²) in [7, 11) is 0. The Morgan fingerprint density at radius 1 is 1.35 bits per heavy atom. The highest BCUT2D eigenvalue weighted by molar-refractivity contribution is 9.09. The van der Waals surface area contributed by atoms with Gasteiger partial charge in [-0.1, -0.05) is 56.5 Å². The van der Waals surface area contributed by atoms with Crippen LogP contribution in [-0.2, 0) is 9.53 Å². The second kappa shape index (κ2) is 9.07. The van der Waals surface area contributed by atoms with Crippen molar-refractivity contribution < 1.29 is 9.53 Å². The number of hydrogen-bond acceptors (Lipinski definition) is 2. The van der Waals surface area contributed by atoms with Crippen molar-refractivity contribution in [3.63, 3.8) is 0 Å². The molecule has 0 aromatic rings. The number of carbonyl (C=O) groups excluding carboxylic acids is 1. The van der Waals surface area contributed by atoms with E-state index in [4.69, 9.17) is 4.74 Å². The number of halogens is 1. The molecule has 20 heavy (non-hydrogen) atoms. The van der Waals surface area contributed by atoms with E-state index < -0.39 is 0 Å². The summed E-state index contributed by atoms with van der Waals surface area (Å²) in [5.41, 5.74) is 0. The summed E-state index contributed by atoms with van der Waals surface area (Å²) in [5, 5.41) is 0.893. The smallest absolute Gasteiger partial charge is 0.306 e. The molecule has 0 radical (unpaired) electrons. The summed E-state index contributed by atoms with van der Waals surface area (Å²) in [5.74, 6) is 2.26. The highest BCUT2D eigenvalue weighted by atomic mass is 79.9. The second-order valence-electron chi connectivity index (χ2n) is 6.87. The Morgan fingerprint density at radius 3 is 2.60 bits per heavy atom. The van der Waals surface area contributed by atoms with Crippen LogP contribution >= 0.6 is 15.9 Å². The first-order valence-corrected chi connectivity index (χ1v) is 9.35. The summed E-state index contributed by atoms with van der Waals surface area (Å²) in [6, 6.07) is 0. The van der Waals surface area contributed by atoms with Gasteiger partial charge in [0.1, 0.15) is 6.10 Å². The van der Waals surface area contributed by atoms with Crippen LogP contribution in [0.1, 0.15) is 66.2 Å². The second-order valence-corrected chi connectivity index (χ2v) is 7.52. The molecule has 0 N–H and O–H groups in total. The lowest BCUT2D eigenvalue weighted by Gasteiger charge is -2.36. The number of ether oxygens (including phenoxy) is 1.